The van der Waals surface area contributed by atoms with E-state index in [0.29, 0.717) is 0 Å². The second kappa shape index (κ2) is 6.03. The minimum atomic E-state index is 0.775. The Balaban J connectivity index is 2.23. The molecule has 0 saturated carbocycles. The van der Waals surface area contributed by atoms with Crippen molar-refractivity contribution in [2.75, 3.05) is 29.9 Å². The predicted octanol–water partition coefficient (Wildman–Crippen LogP) is 2.71. The number of hydrogen-bond donors (Lipinski definition) is 1. The fourth-order valence-electron chi connectivity index (χ4n) is 2.52. The zero-order valence-corrected chi connectivity index (χ0v) is 11.7. The Hall–Kier alpha value is -1.32. The molecule has 18 heavy (non-hydrogen) atoms. The minimum Gasteiger partial charge on any atom is -0.370 e. The highest BCUT2D eigenvalue weighted by Gasteiger charge is 2.23. The number of nitrogens with one attached hydrogen (secondary N) is 1. The van der Waals surface area contributed by atoms with Crippen molar-refractivity contribution in [3.05, 3.63) is 11.9 Å². The summed E-state index contributed by atoms with van der Waals surface area (Å²) < 4.78 is 0. The van der Waals surface area contributed by atoms with Crippen LogP contribution >= 0.6 is 0 Å². The maximum Gasteiger partial charge on any atom is 0.137 e. The topological polar surface area (TPSA) is 41.1 Å². The predicted molar refractivity (Wildman–Crippen MR) is 76.2 cm³/mol. The standard InChI is InChI=1S/C14H24N4/c1-4-7-15-13-12(5-2)14(17-10-16-13)18-8-6-11(3)9-18/h10-11H,4-9H2,1-3H3,(H,15,16,17). The van der Waals surface area contributed by atoms with Gasteiger partial charge in [0.05, 0.1) is 0 Å². The van der Waals surface area contributed by atoms with Crippen molar-refractivity contribution in [3.63, 3.8) is 0 Å². The van der Waals surface area contributed by atoms with Crippen molar-refractivity contribution in [3.8, 4) is 0 Å². The van der Waals surface area contributed by atoms with Crippen LogP contribution in [0.5, 0.6) is 0 Å². The van der Waals surface area contributed by atoms with Crippen LogP contribution in [0.1, 0.15) is 39.2 Å². The quantitative estimate of drug-likeness (QED) is 0.870. The van der Waals surface area contributed by atoms with Crippen LogP contribution in [-0.4, -0.2) is 29.6 Å². The van der Waals surface area contributed by atoms with Crippen molar-refractivity contribution in [1.82, 2.24) is 9.97 Å². The van der Waals surface area contributed by atoms with Crippen molar-refractivity contribution in [1.29, 1.82) is 0 Å². The van der Waals surface area contributed by atoms with Gasteiger partial charge in [0.2, 0.25) is 0 Å². The lowest BCUT2D eigenvalue weighted by Gasteiger charge is -2.21. The molecule has 0 aliphatic carbocycles. The van der Waals surface area contributed by atoms with Crippen LogP contribution < -0.4 is 10.2 Å². The number of hydrogen-bond acceptors (Lipinski definition) is 4. The normalized spacial score (nSPS) is 19.3. The van der Waals surface area contributed by atoms with Gasteiger partial charge in [-0.15, -0.1) is 0 Å². The Morgan fingerprint density at radius 1 is 1.39 bits per heavy atom. The summed E-state index contributed by atoms with van der Waals surface area (Å²) >= 11 is 0. The maximum atomic E-state index is 4.51. The van der Waals surface area contributed by atoms with E-state index in [1.165, 1.54) is 12.0 Å². The lowest BCUT2D eigenvalue weighted by molar-refractivity contribution is 0.658. The largest absolute Gasteiger partial charge is 0.370 e. The average molecular weight is 248 g/mol. The maximum absolute atomic E-state index is 4.51. The van der Waals surface area contributed by atoms with E-state index in [-0.39, 0.29) is 0 Å². The molecule has 1 unspecified atom stereocenters. The third-order valence-corrected chi connectivity index (χ3v) is 3.54. The van der Waals surface area contributed by atoms with Gasteiger partial charge in [0.1, 0.15) is 18.0 Å². The third kappa shape index (κ3) is 2.74. The van der Waals surface area contributed by atoms with Gasteiger partial charge in [0.15, 0.2) is 0 Å². The summed E-state index contributed by atoms with van der Waals surface area (Å²) in [6.07, 6.45) is 5.05. The second-order valence-corrected chi connectivity index (χ2v) is 5.14. The van der Waals surface area contributed by atoms with Gasteiger partial charge < -0.3 is 10.2 Å². The molecule has 2 rings (SSSR count). The molecular formula is C14H24N4. The molecule has 1 aliphatic heterocycles. The van der Waals surface area contributed by atoms with E-state index < -0.39 is 0 Å². The van der Waals surface area contributed by atoms with Crippen LogP contribution in [-0.2, 0) is 6.42 Å². The first kappa shape index (κ1) is 13.1. The first-order valence-electron chi connectivity index (χ1n) is 7.08. The molecule has 1 N–H and O–H groups in total. The number of rotatable bonds is 5. The smallest absolute Gasteiger partial charge is 0.137 e. The van der Waals surface area contributed by atoms with Crippen molar-refractivity contribution in [2.24, 2.45) is 5.92 Å². The molecule has 1 saturated heterocycles. The van der Waals surface area contributed by atoms with E-state index in [0.717, 1.165) is 50.0 Å². The van der Waals surface area contributed by atoms with E-state index in [2.05, 4.69) is 41.0 Å². The van der Waals surface area contributed by atoms with Gasteiger partial charge in [0.25, 0.3) is 0 Å². The molecule has 4 nitrogen and oxygen atoms in total. The zero-order valence-electron chi connectivity index (χ0n) is 11.7. The Kier molecular flexibility index (Phi) is 4.39. The molecule has 1 aliphatic rings. The van der Waals surface area contributed by atoms with Crippen LogP contribution in [0.2, 0.25) is 0 Å². The Labute approximate surface area is 110 Å². The number of nitrogens with zero attached hydrogens (tertiary/aromatic N) is 3. The SMILES string of the molecule is CCCNc1ncnc(N2CCC(C)C2)c1CC. The first-order valence-corrected chi connectivity index (χ1v) is 7.08. The molecule has 4 heteroatoms. The van der Waals surface area contributed by atoms with Crippen LogP contribution in [0.3, 0.4) is 0 Å². The van der Waals surface area contributed by atoms with Gasteiger partial charge in [-0.05, 0) is 25.2 Å². The van der Waals surface area contributed by atoms with Gasteiger partial charge in [0, 0.05) is 25.2 Å². The third-order valence-electron chi connectivity index (χ3n) is 3.54. The van der Waals surface area contributed by atoms with Gasteiger partial charge in [-0.1, -0.05) is 20.8 Å². The summed E-state index contributed by atoms with van der Waals surface area (Å²) in [6, 6.07) is 0. The van der Waals surface area contributed by atoms with Crippen molar-refractivity contribution >= 4 is 11.6 Å². The minimum absolute atomic E-state index is 0.775. The molecule has 1 fully saturated rings. The fourth-order valence-corrected chi connectivity index (χ4v) is 2.52. The highest BCUT2D eigenvalue weighted by Crippen LogP contribution is 2.28. The van der Waals surface area contributed by atoms with Gasteiger partial charge in [-0.2, -0.15) is 0 Å². The average Bonchev–Trinajstić information content (AvgIpc) is 2.82. The monoisotopic (exact) mass is 248 g/mol. The van der Waals surface area contributed by atoms with Crippen LogP contribution in [0, 0.1) is 5.92 Å². The van der Waals surface area contributed by atoms with Gasteiger partial charge >= 0.3 is 0 Å². The summed E-state index contributed by atoms with van der Waals surface area (Å²) in [4.78, 5) is 11.3. The molecule has 2 heterocycles. The second-order valence-electron chi connectivity index (χ2n) is 5.14. The molecule has 0 radical (unpaired) electrons. The first-order chi connectivity index (χ1) is 8.76. The van der Waals surface area contributed by atoms with Crippen LogP contribution in [0.4, 0.5) is 11.6 Å². The molecular weight excluding hydrogens is 224 g/mol. The fraction of sp³-hybridized carbons (Fsp3) is 0.714. The summed E-state index contributed by atoms with van der Waals surface area (Å²) in [5.74, 6) is 2.93. The van der Waals surface area contributed by atoms with Crippen LogP contribution in [0.15, 0.2) is 6.33 Å². The molecule has 0 aromatic carbocycles. The molecule has 1 atom stereocenters. The summed E-state index contributed by atoms with van der Waals surface area (Å²) in [6.45, 7) is 9.88. The molecule has 1 aromatic rings. The molecule has 100 valence electrons. The van der Waals surface area contributed by atoms with Gasteiger partial charge in [-0.25, -0.2) is 9.97 Å². The van der Waals surface area contributed by atoms with Crippen molar-refractivity contribution in [2.45, 2.75) is 40.0 Å². The summed E-state index contributed by atoms with van der Waals surface area (Å²) in [7, 11) is 0. The number of anilines is 2. The van der Waals surface area contributed by atoms with Crippen molar-refractivity contribution < 1.29 is 0 Å². The summed E-state index contributed by atoms with van der Waals surface area (Å²) in [5, 5.41) is 3.41. The molecule has 0 spiro atoms. The molecule has 0 amide bonds. The zero-order chi connectivity index (χ0) is 13.0. The Morgan fingerprint density at radius 3 is 2.83 bits per heavy atom. The van der Waals surface area contributed by atoms with Crippen LogP contribution in [0.25, 0.3) is 0 Å². The Bertz CT molecular complexity index is 391. The lowest BCUT2D eigenvalue weighted by Crippen LogP contribution is -2.23. The van der Waals surface area contributed by atoms with E-state index in [1.54, 1.807) is 6.33 Å². The highest BCUT2D eigenvalue weighted by molar-refractivity contribution is 5.59. The highest BCUT2D eigenvalue weighted by atomic mass is 15.2. The van der Waals surface area contributed by atoms with E-state index >= 15 is 0 Å². The molecule has 1 aromatic heterocycles. The number of aromatic nitrogens is 2. The lowest BCUT2D eigenvalue weighted by atomic mass is 10.2. The Morgan fingerprint density at radius 2 is 2.22 bits per heavy atom. The summed E-state index contributed by atoms with van der Waals surface area (Å²) in [5.41, 5.74) is 1.26. The van der Waals surface area contributed by atoms with E-state index in [9.17, 15) is 0 Å². The van der Waals surface area contributed by atoms with Gasteiger partial charge in [-0.3, -0.25) is 0 Å². The molecule has 0 bridgehead atoms. The van der Waals surface area contributed by atoms with E-state index in [1.807, 2.05) is 0 Å². The van der Waals surface area contributed by atoms with E-state index in [4.69, 9.17) is 0 Å².